The number of carbonyl (C=O) groups excluding carboxylic acids is 2. The highest BCUT2D eigenvalue weighted by Crippen LogP contribution is 2.22. The molecular formula is C19H24N2O3. The van der Waals surface area contributed by atoms with Crippen molar-refractivity contribution in [2.75, 3.05) is 11.9 Å². The Kier molecular flexibility index (Phi) is 5.79. The number of amides is 2. The van der Waals surface area contributed by atoms with Gasteiger partial charge in [0.05, 0.1) is 12.8 Å². The molecule has 0 saturated heterocycles. The van der Waals surface area contributed by atoms with E-state index in [1.54, 1.807) is 17.2 Å². The van der Waals surface area contributed by atoms with Crippen molar-refractivity contribution in [3.05, 3.63) is 53.0 Å². The van der Waals surface area contributed by atoms with Gasteiger partial charge in [-0.15, -0.1) is 0 Å². The van der Waals surface area contributed by atoms with Crippen LogP contribution in [0.25, 0.3) is 0 Å². The minimum atomic E-state index is -0.101. The van der Waals surface area contributed by atoms with E-state index in [0.29, 0.717) is 18.8 Å². The number of carbonyl (C=O) groups is 2. The summed E-state index contributed by atoms with van der Waals surface area (Å²) in [6.45, 7) is 8.22. The number of aryl methyl sites for hydroxylation is 3. The maximum absolute atomic E-state index is 12.3. The molecule has 0 spiro atoms. The van der Waals surface area contributed by atoms with Gasteiger partial charge in [0.25, 0.3) is 0 Å². The molecule has 0 saturated carbocycles. The van der Waals surface area contributed by atoms with E-state index in [2.05, 4.69) is 5.32 Å². The lowest BCUT2D eigenvalue weighted by Gasteiger charge is -2.20. The van der Waals surface area contributed by atoms with Gasteiger partial charge in [0.2, 0.25) is 11.8 Å². The number of benzene rings is 1. The first kappa shape index (κ1) is 17.8. The van der Waals surface area contributed by atoms with E-state index >= 15 is 0 Å². The van der Waals surface area contributed by atoms with E-state index < -0.39 is 0 Å². The highest BCUT2D eigenvalue weighted by molar-refractivity contribution is 5.92. The van der Waals surface area contributed by atoms with Crippen LogP contribution in [0.1, 0.15) is 35.8 Å². The summed E-state index contributed by atoms with van der Waals surface area (Å²) in [5.74, 6) is 0.522. The molecule has 2 aromatic rings. The Hall–Kier alpha value is -2.56. The van der Waals surface area contributed by atoms with Gasteiger partial charge in [0, 0.05) is 25.6 Å². The van der Waals surface area contributed by atoms with Gasteiger partial charge in [-0.2, -0.15) is 0 Å². The molecule has 0 atom stereocenters. The molecule has 0 bridgehead atoms. The molecule has 24 heavy (non-hydrogen) atoms. The second-order valence-corrected chi connectivity index (χ2v) is 6.09. The average molecular weight is 328 g/mol. The van der Waals surface area contributed by atoms with Crippen molar-refractivity contribution in [2.24, 2.45) is 0 Å². The van der Waals surface area contributed by atoms with Crippen LogP contribution >= 0.6 is 0 Å². The van der Waals surface area contributed by atoms with Crippen LogP contribution in [-0.4, -0.2) is 23.3 Å². The van der Waals surface area contributed by atoms with E-state index in [1.807, 2.05) is 39.0 Å². The second kappa shape index (κ2) is 7.81. The lowest BCUT2D eigenvalue weighted by Crippen LogP contribution is -2.31. The van der Waals surface area contributed by atoms with Gasteiger partial charge in [-0.25, -0.2) is 0 Å². The van der Waals surface area contributed by atoms with Crippen LogP contribution in [0.4, 0.5) is 5.69 Å². The first-order chi connectivity index (χ1) is 11.4. The van der Waals surface area contributed by atoms with E-state index in [9.17, 15) is 9.59 Å². The number of nitrogens with zero attached hydrogens (tertiary/aromatic N) is 1. The van der Waals surface area contributed by atoms with Gasteiger partial charge < -0.3 is 14.6 Å². The summed E-state index contributed by atoms with van der Waals surface area (Å²) in [6, 6.07) is 7.68. The number of furan rings is 1. The Balaban J connectivity index is 1.95. The molecule has 1 aromatic carbocycles. The van der Waals surface area contributed by atoms with E-state index in [4.69, 9.17) is 4.42 Å². The summed E-state index contributed by atoms with van der Waals surface area (Å²) in [6.07, 6.45) is 1.82. The van der Waals surface area contributed by atoms with E-state index in [0.717, 1.165) is 16.8 Å². The van der Waals surface area contributed by atoms with Crippen molar-refractivity contribution in [3.63, 3.8) is 0 Å². The number of hydrogen-bond donors (Lipinski definition) is 1. The van der Waals surface area contributed by atoms with Crippen molar-refractivity contribution < 1.29 is 14.0 Å². The minimum absolute atomic E-state index is 0.0816. The fourth-order valence-corrected chi connectivity index (χ4v) is 2.75. The topological polar surface area (TPSA) is 62.6 Å². The van der Waals surface area contributed by atoms with Gasteiger partial charge in [0.1, 0.15) is 5.76 Å². The molecule has 128 valence electrons. The van der Waals surface area contributed by atoms with Crippen LogP contribution in [0.5, 0.6) is 0 Å². The zero-order valence-corrected chi connectivity index (χ0v) is 14.7. The molecule has 0 aliphatic carbocycles. The van der Waals surface area contributed by atoms with Crippen molar-refractivity contribution in [2.45, 2.75) is 40.7 Å². The van der Waals surface area contributed by atoms with Crippen LogP contribution in [0, 0.1) is 20.8 Å². The fourth-order valence-electron chi connectivity index (χ4n) is 2.75. The molecule has 5 heteroatoms. The molecule has 2 rings (SSSR count). The SMILES string of the molecule is CC(=O)N(CCC(=O)Nc1c(C)cc(C)cc1C)Cc1ccco1. The van der Waals surface area contributed by atoms with Crippen LogP contribution in [-0.2, 0) is 16.1 Å². The van der Waals surface area contributed by atoms with Crippen molar-refractivity contribution in [1.29, 1.82) is 0 Å². The summed E-state index contributed by atoms with van der Waals surface area (Å²) in [5, 5.41) is 2.96. The molecular weight excluding hydrogens is 304 g/mol. The molecule has 0 fully saturated rings. The zero-order valence-electron chi connectivity index (χ0n) is 14.7. The normalized spacial score (nSPS) is 10.5. The smallest absolute Gasteiger partial charge is 0.226 e. The quantitative estimate of drug-likeness (QED) is 0.881. The Bertz CT molecular complexity index is 697. The molecule has 1 N–H and O–H groups in total. The first-order valence-electron chi connectivity index (χ1n) is 8.02. The third-order valence-electron chi connectivity index (χ3n) is 3.92. The summed E-state index contributed by atoms with van der Waals surface area (Å²) in [7, 11) is 0. The summed E-state index contributed by atoms with van der Waals surface area (Å²) in [5.41, 5.74) is 4.11. The number of hydrogen-bond acceptors (Lipinski definition) is 3. The van der Waals surface area contributed by atoms with E-state index in [1.165, 1.54) is 12.5 Å². The van der Waals surface area contributed by atoms with Gasteiger partial charge in [-0.05, 0) is 44.0 Å². The minimum Gasteiger partial charge on any atom is -0.467 e. The summed E-state index contributed by atoms with van der Waals surface area (Å²) in [4.78, 5) is 25.6. The van der Waals surface area contributed by atoms with Crippen molar-refractivity contribution in [3.8, 4) is 0 Å². The van der Waals surface area contributed by atoms with Crippen molar-refractivity contribution >= 4 is 17.5 Å². The van der Waals surface area contributed by atoms with Crippen molar-refractivity contribution in [1.82, 2.24) is 4.90 Å². The Morgan fingerprint density at radius 1 is 1.17 bits per heavy atom. The predicted molar refractivity (Wildman–Crippen MR) is 93.7 cm³/mol. The van der Waals surface area contributed by atoms with Crippen LogP contribution in [0.2, 0.25) is 0 Å². The Morgan fingerprint density at radius 3 is 2.38 bits per heavy atom. The Labute approximate surface area is 142 Å². The third kappa shape index (κ3) is 4.72. The van der Waals surface area contributed by atoms with Gasteiger partial charge >= 0.3 is 0 Å². The lowest BCUT2D eigenvalue weighted by molar-refractivity contribution is -0.130. The van der Waals surface area contributed by atoms with Crippen LogP contribution < -0.4 is 5.32 Å². The molecule has 0 aliphatic heterocycles. The lowest BCUT2D eigenvalue weighted by atomic mass is 10.0. The van der Waals surface area contributed by atoms with Crippen LogP contribution in [0.3, 0.4) is 0 Å². The second-order valence-electron chi connectivity index (χ2n) is 6.09. The first-order valence-corrected chi connectivity index (χ1v) is 8.02. The number of rotatable bonds is 6. The van der Waals surface area contributed by atoms with Gasteiger partial charge in [0.15, 0.2) is 0 Å². The molecule has 0 radical (unpaired) electrons. The molecule has 2 amide bonds. The highest BCUT2D eigenvalue weighted by atomic mass is 16.3. The monoisotopic (exact) mass is 328 g/mol. The number of anilines is 1. The predicted octanol–water partition coefficient (Wildman–Crippen LogP) is 3.58. The summed E-state index contributed by atoms with van der Waals surface area (Å²) < 4.78 is 5.26. The molecule has 1 heterocycles. The zero-order chi connectivity index (χ0) is 17.7. The van der Waals surface area contributed by atoms with Gasteiger partial charge in [-0.3, -0.25) is 9.59 Å². The maximum Gasteiger partial charge on any atom is 0.226 e. The fraction of sp³-hybridized carbons (Fsp3) is 0.368. The summed E-state index contributed by atoms with van der Waals surface area (Å²) >= 11 is 0. The third-order valence-corrected chi connectivity index (χ3v) is 3.92. The Morgan fingerprint density at radius 2 is 1.83 bits per heavy atom. The standard InChI is InChI=1S/C19H24N2O3/c1-13-10-14(2)19(15(3)11-13)20-18(23)7-8-21(16(4)22)12-17-6-5-9-24-17/h5-6,9-11H,7-8,12H2,1-4H3,(H,20,23). The largest absolute Gasteiger partial charge is 0.467 e. The molecule has 1 aromatic heterocycles. The number of nitrogens with one attached hydrogen (secondary N) is 1. The van der Waals surface area contributed by atoms with E-state index in [-0.39, 0.29) is 18.2 Å². The maximum atomic E-state index is 12.3. The molecule has 0 aliphatic rings. The highest BCUT2D eigenvalue weighted by Gasteiger charge is 2.14. The molecule has 5 nitrogen and oxygen atoms in total. The molecule has 0 unspecified atom stereocenters. The van der Waals surface area contributed by atoms with Gasteiger partial charge in [-0.1, -0.05) is 17.7 Å². The van der Waals surface area contributed by atoms with Crippen LogP contribution in [0.15, 0.2) is 34.9 Å². The average Bonchev–Trinajstić information content (AvgIpc) is 3.00.